The Morgan fingerprint density at radius 1 is 1.29 bits per heavy atom. The molecule has 94 valence electrons. The Morgan fingerprint density at radius 2 is 2.06 bits per heavy atom. The van der Waals surface area contributed by atoms with E-state index in [-0.39, 0.29) is 0 Å². The van der Waals surface area contributed by atoms with Crippen molar-refractivity contribution in [2.45, 2.75) is 45.7 Å². The topological polar surface area (TPSA) is 32.3 Å². The van der Waals surface area contributed by atoms with E-state index >= 15 is 0 Å². The van der Waals surface area contributed by atoms with Crippen molar-refractivity contribution in [1.82, 2.24) is 5.32 Å². The van der Waals surface area contributed by atoms with Gasteiger partial charge in [-0.05, 0) is 55.7 Å². The number of aliphatic hydroxyl groups is 1. The summed E-state index contributed by atoms with van der Waals surface area (Å²) in [4.78, 5) is 0. The van der Waals surface area contributed by atoms with Crippen molar-refractivity contribution in [2.24, 2.45) is 5.92 Å². The van der Waals surface area contributed by atoms with Crippen LogP contribution in [-0.4, -0.2) is 17.8 Å². The average molecular weight is 233 g/mol. The lowest BCUT2D eigenvalue weighted by molar-refractivity contribution is 0.256. The molecule has 1 fully saturated rings. The van der Waals surface area contributed by atoms with E-state index in [9.17, 15) is 0 Å². The second-order valence-corrected chi connectivity index (χ2v) is 5.26. The summed E-state index contributed by atoms with van der Waals surface area (Å²) in [5.74, 6) is 0.800. The molecule has 1 aromatic rings. The quantitative estimate of drug-likeness (QED) is 0.791. The van der Waals surface area contributed by atoms with Crippen LogP contribution in [0.15, 0.2) is 18.2 Å². The van der Waals surface area contributed by atoms with E-state index in [1.54, 1.807) is 0 Å². The molecular formula is C15H23NO. The largest absolute Gasteiger partial charge is 0.396 e. The van der Waals surface area contributed by atoms with Crippen molar-refractivity contribution in [3.05, 3.63) is 34.9 Å². The van der Waals surface area contributed by atoms with Crippen molar-refractivity contribution in [3.63, 3.8) is 0 Å². The van der Waals surface area contributed by atoms with E-state index in [2.05, 4.69) is 37.4 Å². The molecule has 2 nitrogen and oxygen atoms in total. The SMILES string of the molecule is Cc1ccc(CNC(CCO)C2CC2)cc1C. The predicted molar refractivity (Wildman–Crippen MR) is 71.0 cm³/mol. The van der Waals surface area contributed by atoms with Crippen LogP contribution in [0.4, 0.5) is 0 Å². The maximum Gasteiger partial charge on any atom is 0.0445 e. The fraction of sp³-hybridized carbons (Fsp3) is 0.600. The van der Waals surface area contributed by atoms with E-state index in [4.69, 9.17) is 5.11 Å². The summed E-state index contributed by atoms with van der Waals surface area (Å²) in [6.45, 7) is 5.51. The molecule has 1 atom stereocenters. The summed E-state index contributed by atoms with van der Waals surface area (Å²) in [5.41, 5.74) is 4.05. The van der Waals surface area contributed by atoms with Crippen molar-refractivity contribution in [3.8, 4) is 0 Å². The zero-order valence-electron chi connectivity index (χ0n) is 10.9. The summed E-state index contributed by atoms with van der Waals surface area (Å²) in [6.07, 6.45) is 3.53. The zero-order valence-corrected chi connectivity index (χ0v) is 10.9. The number of aliphatic hydroxyl groups excluding tert-OH is 1. The van der Waals surface area contributed by atoms with Gasteiger partial charge in [-0.15, -0.1) is 0 Å². The molecule has 1 aliphatic rings. The molecule has 1 saturated carbocycles. The Labute approximate surface area is 104 Å². The van der Waals surface area contributed by atoms with Crippen LogP contribution in [0.3, 0.4) is 0 Å². The monoisotopic (exact) mass is 233 g/mol. The number of rotatable bonds is 6. The summed E-state index contributed by atoms with van der Waals surface area (Å²) in [7, 11) is 0. The van der Waals surface area contributed by atoms with E-state index < -0.39 is 0 Å². The van der Waals surface area contributed by atoms with Gasteiger partial charge in [0, 0.05) is 19.2 Å². The van der Waals surface area contributed by atoms with Gasteiger partial charge in [0.25, 0.3) is 0 Å². The highest BCUT2D eigenvalue weighted by Gasteiger charge is 2.30. The first kappa shape index (κ1) is 12.6. The average Bonchev–Trinajstić information content (AvgIpc) is 3.13. The van der Waals surface area contributed by atoms with E-state index in [1.807, 2.05) is 0 Å². The first-order valence-corrected chi connectivity index (χ1v) is 6.61. The van der Waals surface area contributed by atoms with Gasteiger partial charge in [0.2, 0.25) is 0 Å². The van der Waals surface area contributed by atoms with E-state index in [1.165, 1.54) is 29.5 Å². The van der Waals surface area contributed by atoms with Crippen LogP contribution < -0.4 is 5.32 Å². The molecule has 2 rings (SSSR count). The third-order valence-corrected chi connectivity index (χ3v) is 3.77. The second-order valence-electron chi connectivity index (χ2n) is 5.26. The minimum atomic E-state index is 0.293. The van der Waals surface area contributed by atoms with Gasteiger partial charge in [-0.25, -0.2) is 0 Å². The number of benzene rings is 1. The van der Waals surface area contributed by atoms with Gasteiger partial charge in [-0.1, -0.05) is 18.2 Å². The lowest BCUT2D eigenvalue weighted by Crippen LogP contribution is -2.31. The summed E-state index contributed by atoms with van der Waals surface area (Å²) in [5, 5.41) is 12.6. The van der Waals surface area contributed by atoms with Crippen LogP contribution in [0.5, 0.6) is 0 Å². The molecule has 1 unspecified atom stereocenters. The lowest BCUT2D eigenvalue weighted by Gasteiger charge is -2.17. The molecule has 0 aliphatic heterocycles. The molecule has 17 heavy (non-hydrogen) atoms. The summed E-state index contributed by atoms with van der Waals surface area (Å²) in [6, 6.07) is 7.13. The van der Waals surface area contributed by atoms with Gasteiger partial charge in [-0.3, -0.25) is 0 Å². The Bertz CT molecular complexity index is 371. The Hall–Kier alpha value is -0.860. The smallest absolute Gasteiger partial charge is 0.0445 e. The lowest BCUT2D eigenvalue weighted by atomic mass is 10.1. The summed E-state index contributed by atoms with van der Waals surface area (Å²) < 4.78 is 0. The molecule has 0 aromatic heterocycles. The first-order valence-electron chi connectivity index (χ1n) is 6.61. The van der Waals surface area contributed by atoms with Crippen LogP contribution in [0.2, 0.25) is 0 Å². The highest BCUT2D eigenvalue weighted by atomic mass is 16.3. The fourth-order valence-electron chi connectivity index (χ4n) is 2.30. The van der Waals surface area contributed by atoms with Gasteiger partial charge in [0.05, 0.1) is 0 Å². The standard InChI is InChI=1S/C15H23NO/c1-11-3-4-13(9-12(11)2)10-16-15(7-8-17)14-5-6-14/h3-4,9,14-17H,5-8,10H2,1-2H3. The molecule has 1 aliphatic carbocycles. The normalized spacial score (nSPS) is 17.1. The maximum atomic E-state index is 9.05. The van der Waals surface area contributed by atoms with Crippen molar-refractivity contribution in [1.29, 1.82) is 0 Å². The molecule has 0 spiro atoms. The van der Waals surface area contributed by atoms with Gasteiger partial charge in [0.15, 0.2) is 0 Å². The first-order chi connectivity index (χ1) is 8.20. The second kappa shape index (κ2) is 5.65. The van der Waals surface area contributed by atoms with Gasteiger partial charge in [0.1, 0.15) is 0 Å². The number of nitrogens with one attached hydrogen (secondary N) is 1. The van der Waals surface area contributed by atoms with Gasteiger partial charge < -0.3 is 10.4 Å². The molecule has 0 bridgehead atoms. The molecule has 0 saturated heterocycles. The van der Waals surface area contributed by atoms with Crippen LogP contribution in [-0.2, 0) is 6.54 Å². The highest BCUT2D eigenvalue weighted by molar-refractivity contribution is 5.29. The van der Waals surface area contributed by atoms with E-state index in [0.29, 0.717) is 12.6 Å². The minimum absolute atomic E-state index is 0.293. The third-order valence-electron chi connectivity index (χ3n) is 3.77. The van der Waals surface area contributed by atoms with Crippen LogP contribution in [0.1, 0.15) is 36.0 Å². The van der Waals surface area contributed by atoms with Crippen LogP contribution >= 0.6 is 0 Å². The molecule has 0 radical (unpaired) electrons. The van der Waals surface area contributed by atoms with Crippen molar-refractivity contribution < 1.29 is 5.11 Å². The zero-order chi connectivity index (χ0) is 12.3. The molecule has 0 amide bonds. The van der Waals surface area contributed by atoms with Crippen LogP contribution in [0.25, 0.3) is 0 Å². The van der Waals surface area contributed by atoms with Crippen LogP contribution in [0, 0.1) is 19.8 Å². The van der Waals surface area contributed by atoms with Gasteiger partial charge in [-0.2, -0.15) is 0 Å². The van der Waals surface area contributed by atoms with E-state index in [0.717, 1.165) is 18.9 Å². The van der Waals surface area contributed by atoms with Crippen molar-refractivity contribution >= 4 is 0 Å². The Morgan fingerprint density at radius 3 is 2.65 bits per heavy atom. The number of hydrogen-bond acceptors (Lipinski definition) is 2. The predicted octanol–water partition coefficient (Wildman–Crippen LogP) is 2.55. The van der Waals surface area contributed by atoms with Gasteiger partial charge >= 0.3 is 0 Å². The molecule has 1 aromatic carbocycles. The fourth-order valence-corrected chi connectivity index (χ4v) is 2.30. The molecule has 2 N–H and O–H groups in total. The Balaban J connectivity index is 1.89. The Kier molecular flexibility index (Phi) is 4.19. The third kappa shape index (κ3) is 3.55. The molecular weight excluding hydrogens is 210 g/mol. The minimum Gasteiger partial charge on any atom is -0.396 e. The maximum absolute atomic E-state index is 9.05. The van der Waals surface area contributed by atoms with Crippen molar-refractivity contribution in [2.75, 3.05) is 6.61 Å². The highest BCUT2D eigenvalue weighted by Crippen LogP contribution is 2.34. The number of hydrogen-bond donors (Lipinski definition) is 2. The number of aryl methyl sites for hydroxylation is 2. The molecule has 2 heteroatoms. The molecule has 0 heterocycles. The summed E-state index contributed by atoms with van der Waals surface area (Å²) >= 11 is 0.